The second-order valence-electron chi connectivity index (χ2n) is 7.16. The minimum absolute atomic E-state index is 0.114. The summed E-state index contributed by atoms with van der Waals surface area (Å²) in [7, 11) is 1.63. The van der Waals surface area contributed by atoms with Gasteiger partial charge in [-0.3, -0.25) is 4.79 Å². The molecule has 2 heterocycles. The number of aromatic nitrogens is 2. The van der Waals surface area contributed by atoms with Crippen LogP contribution in [0.15, 0.2) is 48.5 Å². The van der Waals surface area contributed by atoms with Gasteiger partial charge in [-0.05, 0) is 44.1 Å². The zero-order chi connectivity index (χ0) is 19.5. The summed E-state index contributed by atoms with van der Waals surface area (Å²) in [6.45, 7) is 5.05. The number of hydrogen-bond acceptors (Lipinski definition) is 5. The van der Waals surface area contributed by atoms with Gasteiger partial charge in [0, 0.05) is 19.0 Å². The third kappa shape index (κ3) is 3.68. The lowest BCUT2D eigenvalue weighted by Gasteiger charge is -2.35. The zero-order valence-electron chi connectivity index (χ0n) is 16.3. The summed E-state index contributed by atoms with van der Waals surface area (Å²) in [5.74, 6) is 1.26. The Kier molecular flexibility index (Phi) is 5.21. The molecule has 6 nitrogen and oxygen atoms in total. The Balaban J connectivity index is 1.75. The fourth-order valence-corrected chi connectivity index (χ4v) is 3.60. The molecule has 1 fully saturated rings. The fraction of sp³-hybridized carbons (Fsp3) is 0.318. The third-order valence-electron chi connectivity index (χ3n) is 5.21. The molecule has 2 aromatic carbocycles. The number of benzene rings is 2. The van der Waals surface area contributed by atoms with E-state index >= 15 is 0 Å². The van der Waals surface area contributed by atoms with Crippen molar-refractivity contribution >= 4 is 22.6 Å². The fourth-order valence-electron chi connectivity index (χ4n) is 3.60. The van der Waals surface area contributed by atoms with Crippen LogP contribution in [0.3, 0.4) is 0 Å². The molecule has 2 N–H and O–H groups in total. The molecule has 0 saturated carbocycles. The van der Waals surface area contributed by atoms with Gasteiger partial charge in [-0.25, -0.2) is 9.97 Å². The van der Waals surface area contributed by atoms with Crippen LogP contribution in [-0.4, -0.2) is 47.5 Å². The Labute approximate surface area is 165 Å². The molecule has 1 saturated heterocycles. The average molecular weight is 375 g/mol. The lowest BCUT2D eigenvalue weighted by Crippen LogP contribution is -2.41. The van der Waals surface area contributed by atoms with Gasteiger partial charge in [0.15, 0.2) is 0 Å². The average Bonchev–Trinajstić information content (AvgIpc) is 2.69. The third-order valence-corrected chi connectivity index (χ3v) is 5.21. The molecule has 3 aromatic rings. The van der Waals surface area contributed by atoms with Gasteiger partial charge in [0.2, 0.25) is 0 Å². The summed E-state index contributed by atoms with van der Waals surface area (Å²) in [5.41, 5.74) is 2.46. The molecule has 6 heteroatoms. The Bertz CT molecular complexity index is 985. The van der Waals surface area contributed by atoms with Crippen molar-refractivity contribution in [3.05, 3.63) is 65.5 Å². The number of nitrogens with one attached hydrogen (secondary N) is 2. The normalized spacial score (nSPS) is 15.1. The van der Waals surface area contributed by atoms with E-state index in [1.165, 1.54) is 12.0 Å². The van der Waals surface area contributed by atoms with Crippen molar-refractivity contribution in [1.29, 1.82) is 0 Å². The Morgan fingerprint density at radius 2 is 1.89 bits per heavy atom. The first kappa shape index (κ1) is 18.4. The monoisotopic (exact) mass is 375 g/mol. The van der Waals surface area contributed by atoms with E-state index in [4.69, 9.17) is 0 Å². The quantitative estimate of drug-likeness (QED) is 0.693. The van der Waals surface area contributed by atoms with Crippen LogP contribution < -0.4 is 10.6 Å². The molecular weight excluding hydrogens is 350 g/mol. The Hall–Kier alpha value is -2.99. The molecule has 1 unspecified atom stereocenters. The lowest BCUT2D eigenvalue weighted by atomic mass is 10.0. The van der Waals surface area contributed by atoms with Crippen molar-refractivity contribution in [3.63, 3.8) is 0 Å². The number of likely N-dealkylation sites (tertiary alicyclic amines) is 1. The molecule has 0 spiro atoms. The highest BCUT2D eigenvalue weighted by Gasteiger charge is 2.22. The minimum atomic E-state index is -0.144. The largest absolute Gasteiger partial charge is 0.361 e. The summed E-state index contributed by atoms with van der Waals surface area (Å²) in [6.07, 6.45) is 1.26. The molecule has 1 aliphatic heterocycles. The number of anilines is 1. The van der Waals surface area contributed by atoms with Crippen molar-refractivity contribution < 1.29 is 4.79 Å². The summed E-state index contributed by atoms with van der Waals surface area (Å²) in [4.78, 5) is 24.0. The first-order valence-corrected chi connectivity index (χ1v) is 9.69. The first-order chi connectivity index (χ1) is 13.7. The molecule has 1 atom stereocenters. The Morgan fingerprint density at radius 1 is 1.11 bits per heavy atom. The van der Waals surface area contributed by atoms with Gasteiger partial charge in [-0.15, -0.1) is 0 Å². The molecule has 0 bridgehead atoms. The maximum Gasteiger partial charge on any atom is 0.253 e. The van der Waals surface area contributed by atoms with Gasteiger partial charge in [0.25, 0.3) is 5.91 Å². The van der Waals surface area contributed by atoms with Crippen LogP contribution in [0.1, 0.15) is 34.2 Å². The smallest absolute Gasteiger partial charge is 0.253 e. The van der Waals surface area contributed by atoms with E-state index in [-0.39, 0.29) is 11.9 Å². The van der Waals surface area contributed by atoms with Crippen molar-refractivity contribution in [1.82, 2.24) is 20.2 Å². The number of carbonyl (C=O) groups is 1. The zero-order valence-corrected chi connectivity index (χ0v) is 16.3. The van der Waals surface area contributed by atoms with Crippen LogP contribution in [0, 0.1) is 6.92 Å². The van der Waals surface area contributed by atoms with E-state index in [0.717, 1.165) is 30.8 Å². The molecule has 1 amide bonds. The minimum Gasteiger partial charge on any atom is -0.361 e. The van der Waals surface area contributed by atoms with Crippen LogP contribution in [0.2, 0.25) is 0 Å². The number of rotatable bonds is 6. The summed E-state index contributed by atoms with van der Waals surface area (Å²) in [6, 6.07) is 16.2. The lowest BCUT2D eigenvalue weighted by molar-refractivity contribution is 0.0964. The molecule has 1 aromatic heterocycles. The molecule has 0 aliphatic carbocycles. The number of fused-ring (bicyclic) bond motifs is 1. The SMILES string of the molecule is CNC(=O)c1cccc2c(NC(CN3CCC3)c3ccccc3)nc(C)nc12. The van der Waals surface area contributed by atoms with Gasteiger partial charge in [-0.2, -0.15) is 0 Å². The Morgan fingerprint density at radius 3 is 2.57 bits per heavy atom. The summed E-state index contributed by atoms with van der Waals surface area (Å²) in [5, 5.41) is 7.19. The van der Waals surface area contributed by atoms with Gasteiger partial charge in [-0.1, -0.05) is 36.4 Å². The van der Waals surface area contributed by atoms with Gasteiger partial charge >= 0.3 is 0 Å². The van der Waals surface area contributed by atoms with Gasteiger partial charge < -0.3 is 15.5 Å². The highest BCUT2D eigenvalue weighted by atomic mass is 16.1. The predicted octanol–water partition coefficient (Wildman–Crippen LogP) is 3.16. The maximum absolute atomic E-state index is 12.3. The second kappa shape index (κ2) is 7.94. The topological polar surface area (TPSA) is 70.2 Å². The van der Waals surface area contributed by atoms with E-state index in [1.807, 2.05) is 25.1 Å². The van der Waals surface area contributed by atoms with Crippen LogP contribution in [0.5, 0.6) is 0 Å². The van der Waals surface area contributed by atoms with E-state index in [9.17, 15) is 4.79 Å². The molecule has 28 heavy (non-hydrogen) atoms. The van der Waals surface area contributed by atoms with Gasteiger partial charge in [0.05, 0.1) is 17.1 Å². The maximum atomic E-state index is 12.3. The van der Waals surface area contributed by atoms with Crippen molar-refractivity contribution in [2.24, 2.45) is 0 Å². The highest BCUT2D eigenvalue weighted by molar-refractivity contribution is 6.07. The molecule has 0 radical (unpaired) electrons. The number of para-hydroxylation sites is 1. The number of aryl methyl sites for hydroxylation is 1. The van der Waals surface area contributed by atoms with E-state index < -0.39 is 0 Å². The van der Waals surface area contributed by atoms with E-state index in [2.05, 4.69) is 49.8 Å². The highest BCUT2D eigenvalue weighted by Crippen LogP contribution is 2.28. The van der Waals surface area contributed by atoms with Crippen LogP contribution in [0.25, 0.3) is 10.9 Å². The van der Waals surface area contributed by atoms with Gasteiger partial charge in [0.1, 0.15) is 11.6 Å². The van der Waals surface area contributed by atoms with Crippen molar-refractivity contribution in [3.8, 4) is 0 Å². The number of carbonyl (C=O) groups excluding carboxylic acids is 1. The van der Waals surface area contributed by atoms with E-state index in [1.54, 1.807) is 13.1 Å². The number of amides is 1. The van der Waals surface area contributed by atoms with Crippen LogP contribution in [-0.2, 0) is 0 Å². The van der Waals surface area contributed by atoms with Crippen molar-refractivity contribution in [2.75, 3.05) is 32.0 Å². The second-order valence-corrected chi connectivity index (χ2v) is 7.16. The standard InChI is InChI=1S/C22H25N5O/c1-15-24-20-17(10-6-11-18(20)22(28)23-2)21(25-15)26-19(14-27-12-7-13-27)16-8-4-3-5-9-16/h3-6,8-11,19H,7,12-14H2,1-2H3,(H,23,28)(H,24,25,26). The summed E-state index contributed by atoms with van der Waals surface area (Å²) >= 11 is 0. The first-order valence-electron chi connectivity index (χ1n) is 9.69. The van der Waals surface area contributed by atoms with Crippen LogP contribution >= 0.6 is 0 Å². The molecule has 144 valence electrons. The van der Waals surface area contributed by atoms with E-state index in [0.29, 0.717) is 16.9 Å². The molecular formula is C22H25N5O. The van der Waals surface area contributed by atoms with Crippen molar-refractivity contribution in [2.45, 2.75) is 19.4 Å². The summed E-state index contributed by atoms with van der Waals surface area (Å²) < 4.78 is 0. The number of hydrogen-bond donors (Lipinski definition) is 2. The molecule has 4 rings (SSSR count). The predicted molar refractivity (Wildman–Crippen MR) is 112 cm³/mol. The van der Waals surface area contributed by atoms with Crippen LogP contribution in [0.4, 0.5) is 5.82 Å². The molecule has 1 aliphatic rings. The number of nitrogens with zero attached hydrogens (tertiary/aromatic N) is 3.